The molecular weight excluding hydrogens is 282 g/mol. The predicted molar refractivity (Wildman–Crippen MR) is 73.2 cm³/mol. The molecule has 0 bridgehead atoms. The lowest BCUT2D eigenvalue weighted by Gasteiger charge is -2.13. The van der Waals surface area contributed by atoms with Crippen molar-refractivity contribution in [2.75, 3.05) is 18.5 Å². The number of hydrogen-bond acceptors (Lipinski definition) is 3. The molecule has 0 saturated carbocycles. The fraction of sp³-hybridized carbons (Fsp3) is 0.231. The van der Waals surface area contributed by atoms with Crippen molar-refractivity contribution in [3.63, 3.8) is 0 Å². The summed E-state index contributed by atoms with van der Waals surface area (Å²) in [5.74, 6) is 0. The molecule has 90 valence electrons. The minimum atomic E-state index is -0.739. The molecule has 2 rings (SSSR count). The predicted octanol–water partition coefficient (Wildman–Crippen LogP) is 2.37. The summed E-state index contributed by atoms with van der Waals surface area (Å²) in [6, 6.07) is 11.9. The standard InChI is InChI=1S/C13H14BrNO2/c14-12-5-1-4-11-10(12)3-2-6-13(11)15-7-9(17)8-16/h1-6,9,15-17H,7-8H2. The SMILES string of the molecule is OCC(O)CNc1cccc2c(Br)cccc12. The Morgan fingerprint density at radius 1 is 1.12 bits per heavy atom. The van der Waals surface area contributed by atoms with Gasteiger partial charge in [-0.15, -0.1) is 0 Å². The van der Waals surface area contributed by atoms with Gasteiger partial charge >= 0.3 is 0 Å². The third kappa shape index (κ3) is 2.77. The van der Waals surface area contributed by atoms with Crippen LogP contribution in [-0.4, -0.2) is 29.5 Å². The van der Waals surface area contributed by atoms with E-state index in [2.05, 4.69) is 21.2 Å². The lowest BCUT2D eigenvalue weighted by atomic mass is 10.1. The number of halogens is 1. The molecule has 0 saturated heterocycles. The van der Waals surface area contributed by atoms with Crippen molar-refractivity contribution in [1.29, 1.82) is 0 Å². The Morgan fingerprint density at radius 2 is 1.82 bits per heavy atom. The largest absolute Gasteiger partial charge is 0.394 e. The number of fused-ring (bicyclic) bond motifs is 1. The van der Waals surface area contributed by atoms with E-state index in [1.165, 1.54) is 0 Å². The third-order valence-electron chi connectivity index (χ3n) is 2.61. The van der Waals surface area contributed by atoms with Crippen LogP contribution in [0.5, 0.6) is 0 Å². The fourth-order valence-corrected chi connectivity index (χ4v) is 2.22. The first-order valence-corrected chi connectivity index (χ1v) is 6.21. The first-order valence-electron chi connectivity index (χ1n) is 5.42. The molecule has 0 heterocycles. The smallest absolute Gasteiger partial charge is 0.0942 e. The zero-order chi connectivity index (χ0) is 12.3. The van der Waals surface area contributed by atoms with Gasteiger partial charge in [0.2, 0.25) is 0 Å². The Balaban J connectivity index is 2.31. The van der Waals surface area contributed by atoms with Crippen LogP contribution in [0.4, 0.5) is 5.69 Å². The molecule has 17 heavy (non-hydrogen) atoms. The van der Waals surface area contributed by atoms with Crippen molar-refractivity contribution in [2.24, 2.45) is 0 Å². The summed E-state index contributed by atoms with van der Waals surface area (Å²) < 4.78 is 1.04. The highest BCUT2D eigenvalue weighted by molar-refractivity contribution is 9.10. The van der Waals surface area contributed by atoms with Crippen molar-refractivity contribution < 1.29 is 10.2 Å². The molecule has 0 aliphatic heterocycles. The molecule has 0 aromatic heterocycles. The molecule has 0 aliphatic carbocycles. The maximum atomic E-state index is 9.32. The number of anilines is 1. The molecule has 1 atom stereocenters. The zero-order valence-electron chi connectivity index (χ0n) is 9.23. The van der Waals surface area contributed by atoms with Crippen LogP contribution in [0.1, 0.15) is 0 Å². The van der Waals surface area contributed by atoms with E-state index in [0.717, 1.165) is 20.9 Å². The average Bonchev–Trinajstić information content (AvgIpc) is 2.36. The number of rotatable bonds is 4. The van der Waals surface area contributed by atoms with Gasteiger partial charge in [-0.25, -0.2) is 0 Å². The summed E-state index contributed by atoms with van der Waals surface area (Å²) in [7, 11) is 0. The summed E-state index contributed by atoms with van der Waals surface area (Å²) in [6.07, 6.45) is -0.739. The Morgan fingerprint density at radius 3 is 2.59 bits per heavy atom. The summed E-state index contributed by atoms with van der Waals surface area (Å²) >= 11 is 3.51. The van der Waals surface area contributed by atoms with E-state index in [4.69, 9.17) is 5.11 Å². The van der Waals surface area contributed by atoms with E-state index < -0.39 is 6.10 Å². The van der Waals surface area contributed by atoms with E-state index >= 15 is 0 Å². The molecule has 4 heteroatoms. The van der Waals surface area contributed by atoms with E-state index in [1.54, 1.807) is 0 Å². The number of aliphatic hydroxyl groups is 2. The van der Waals surface area contributed by atoms with Crippen LogP contribution >= 0.6 is 15.9 Å². The summed E-state index contributed by atoms with van der Waals surface area (Å²) in [5.41, 5.74) is 0.955. The summed E-state index contributed by atoms with van der Waals surface area (Å²) in [5, 5.41) is 23.4. The van der Waals surface area contributed by atoms with E-state index in [0.29, 0.717) is 6.54 Å². The minimum Gasteiger partial charge on any atom is -0.394 e. The van der Waals surface area contributed by atoms with Crippen molar-refractivity contribution >= 4 is 32.4 Å². The molecule has 3 nitrogen and oxygen atoms in total. The summed E-state index contributed by atoms with van der Waals surface area (Å²) in [4.78, 5) is 0. The lowest BCUT2D eigenvalue weighted by Crippen LogP contribution is -2.22. The lowest BCUT2D eigenvalue weighted by molar-refractivity contribution is 0.105. The zero-order valence-corrected chi connectivity index (χ0v) is 10.8. The molecule has 0 spiro atoms. The Kier molecular flexibility index (Phi) is 3.99. The van der Waals surface area contributed by atoms with Gasteiger partial charge in [0.25, 0.3) is 0 Å². The van der Waals surface area contributed by atoms with Gasteiger partial charge in [0.1, 0.15) is 0 Å². The molecule has 0 amide bonds. The normalized spacial score (nSPS) is 12.6. The molecule has 1 unspecified atom stereocenters. The quantitative estimate of drug-likeness (QED) is 0.812. The van der Waals surface area contributed by atoms with Crippen LogP contribution in [0, 0.1) is 0 Å². The van der Waals surface area contributed by atoms with Gasteiger partial charge in [-0.3, -0.25) is 0 Å². The second-order valence-corrected chi connectivity index (χ2v) is 4.71. The van der Waals surface area contributed by atoms with Crippen LogP contribution in [0.3, 0.4) is 0 Å². The van der Waals surface area contributed by atoms with Gasteiger partial charge < -0.3 is 15.5 Å². The Labute approximate surface area is 108 Å². The fourth-order valence-electron chi connectivity index (χ4n) is 1.72. The number of hydrogen-bond donors (Lipinski definition) is 3. The minimum absolute atomic E-state index is 0.235. The van der Waals surface area contributed by atoms with Gasteiger partial charge in [-0.05, 0) is 17.5 Å². The monoisotopic (exact) mass is 295 g/mol. The molecule has 2 aromatic carbocycles. The van der Waals surface area contributed by atoms with Crippen molar-refractivity contribution in [2.45, 2.75) is 6.10 Å². The molecular formula is C13H14BrNO2. The van der Waals surface area contributed by atoms with Gasteiger partial charge in [0.15, 0.2) is 0 Å². The first-order chi connectivity index (χ1) is 8.22. The van der Waals surface area contributed by atoms with Gasteiger partial charge in [-0.1, -0.05) is 40.2 Å². The van der Waals surface area contributed by atoms with Crippen LogP contribution in [0.15, 0.2) is 40.9 Å². The maximum Gasteiger partial charge on any atom is 0.0942 e. The van der Waals surface area contributed by atoms with Gasteiger partial charge in [-0.2, -0.15) is 0 Å². The maximum absolute atomic E-state index is 9.32. The Hall–Kier alpha value is -1.10. The highest BCUT2D eigenvalue weighted by Crippen LogP contribution is 2.29. The molecule has 0 aliphatic rings. The van der Waals surface area contributed by atoms with Crippen LogP contribution < -0.4 is 5.32 Å². The number of nitrogens with one attached hydrogen (secondary N) is 1. The molecule has 3 N–H and O–H groups in total. The molecule has 0 fully saturated rings. The average molecular weight is 296 g/mol. The summed E-state index contributed by atoms with van der Waals surface area (Å²) in [6.45, 7) is 0.101. The third-order valence-corrected chi connectivity index (χ3v) is 3.30. The van der Waals surface area contributed by atoms with Crippen molar-refractivity contribution in [3.8, 4) is 0 Å². The van der Waals surface area contributed by atoms with E-state index in [1.807, 2.05) is 36.4 Å². The van der Waals surface area contributed by atoms with Crippen LogP contribution in [0.2, 0.25) is 0 Å². The van der Waals surface area contributed by atoms with Crippen molar-refractivity contribution in [3.05, 3.63) is 40.9 Å². The molecule has 0 radical (unpaired) electrons. The van der Waals surface area contributed by atoms with Crippen LogP contribution in [0.25, 0.3) is 10.8 Å². The second kappa shape index (κ2) is 5.49. The highest BCUT2D eigenvalue weighted by Gasteiger charge is 2.05. The van der Waals surface area contributed by atoms with E-state index in [9.17, 15) is 5.11 Å². The van der Waals surface area contributed by atoms with Gasteiger partial charge in [0, 0.05) is 22.1 Å². The Bertz CT molecular complexity index is 516. The highest BCUT2D eigenvalue weighted by atomic mass is 79.9. The van der Waals surface area contributed by atoms with Crippen molar-refractivity contribution in [1.82, 2.24) is 0 Å². The van der Waals surface area contributed by atoms with Gasteiger partial charge in [0.05, 0.1) is 12.7 Å². The molecule has 2 aromatic rings. The second-order valence-electron chi connectivity index (χ2n) is 3.86. The topological polar surface area (TPSA) is 52.5 Å². The number of aliphatic hydroxyl groups excluding tert-OH is 2. The number of benzene rings is 2. The van der Waals surface area contributed by atoms with E-state index in [-0.39, 0.29) is 6.61 Å². The first kappa shape index (κ1) is 12.4. The van der Waals surface area contributed by atoms with Crippen LogP contribution in [-0.2, 0) is 0 Å².